The maximum Gasteiger partial charge on any atom is 0.310 e. The molecule has 6 heteroatoms. The Kier molecular flexibility index (Phi) is 4.20. The maximum atomic E-state index is 12.8. The molecule has 3 aromatic rings. The molecule has 124 valence electrons. The lowest BCUT2D eigenvalue weighted by Gasteiger charge is -2.05. The molecule has 0 aliphatic carbocycles. The van der Waals surface area contributed by atoms with E-state index in [-0.39, 0.29) is 12.0 Å². The second kappa shape index (κ2) is 6.31. The molecule has 3 rings (SSSR count). The summed E-state index contributed by atoms with van der Waals surface area (Å²) in [6.45, 7) is 3.76. The molecule has 6 nitrogen and oxygen atoms in total. The van der Waals surface area contributed by atoms with Crippen LogP contribution in [-0.4, -0.2) is 27.7 Å². The molecule has 0 saturated carbocycles. The zero-order valence-corrected chi connectivity index (χ0v) is 13.9. The Morgan fingerprint density at radius 2 is 2.00 bits per heavy atom. The van der Waals surface area contributed by atoms with Crippen molar-refractivity contribution >= 4 is 11.6 Å². The SMILES string of the molecule is CCc1[nH]n2c(=O)c(CC(=O)OC)c(C)nc2c1-c1ccccc1. The fraction of sp³-hybridized carbons (Fsp3) is 0.278. The number of aromatic nitrogens is 3. The number of benzene rings is 1. The minimum absolute atomic E-state index is 0.0851. The summed E-state index contributed by atoms with van der Waals surface area (Å²) in [5.74, 6) is -0.456. The summed E-state index contributed by atoms with van der Waals surface area (Å²) in [5.41, 5.74) is 4.06. The van der Waals surface area contributed by atoms with E-state index >= 15 is 0 Å². The Balaban J connectivity index is 2.29. The van der Waals surface area contributed by atoms with E-state index < -0.39 is 5.97 Å². The Labute approximate surface area is 139 Å². The van der Waals surface area contributed by atoms with E-state index in [0.717, 1.165) is 23.2 Å². The van der Waals surface area contributed by atoms with Crippen molar-refractivity contribution in [3.8, 4) is 11.1 Å². The number of H-pyrrole nitrogens is 1. The first-order valence-corrected chi connectivity index (χ1v) is 7.82. The van der Waals surface area contributed by atoms with Gasteiger partial charge in [0, 0.05) is 17.0 Å². The van der Waals surface area contributed by atoms with Crippen LogP contribution >= 0.6 is 0 Å². The Bertz CT molecular complexity index is 955. The standard InChI is InChI=1S/C18H19N3O3/c1-4-14-16(12-8-6-5-7-9-12)17-19-11(2)13(10-15(22)24-3)18(23)21(17)20-14/h5-9,20H,4,10H2,1-3H3. The van der Waals surface area contributed by atoms with Gasteiger partial charge in [-0.25, -0.2) is 9.50 Å². The highest BCUT2D eigenvalue weighted by molar-refractivity contribution is 5.80. The van der Waals surface area contributed by atoms with E-state index in [0.29, 0.717) is 16.9 Å². The number of hydrogen-bond donors (Lipinski definition) is 1. The van der Waals surface area contributed by atoms with Crippen LogP contribution in [0.2, 0.25) is 0 Å². The van der Waals surface area contributed by atoms with E-state index in [1.165, 1.54) is 11.6 Å². The van der Waals surface area contributed by atoms with Crippen LogP contribution in [0.25, 0.3) is 16.8 Å². The third-order valence-electron chi connectivity index (χ3n) is 4.12. The Hall–Kier alpha value is -2.89. The van der Waals surface area contributed by atoms with Crippen LogP contribution in [0.5, 0.6) is 0 Å². The van der Waals surface area contributed by atoms with Gasteiger partial charge in [0.25, 0.3) is 5.56 Å². The first-order valence-electron chi connectivity index (χ1n) is 7.82. The van der Waals surface area contributed by atoms with Crippen molar-refractivity contribution < 1.29 is 9.53 Å². The van der Waals surface area contributed by atoms with E-state index in [4.69, 9.17) is 0 Å². The average Bonchev–Trinajstić information content (AvgIpc) is 2.97. The van der Waals surface area contributed by atoms with Crippen molar-refractivity contribution in [1.82, 2.24) is 14.6 Å². The highest BCUT2D eigenvalue weighted by Crippen LogP contribution is 2.27. The van der Waals surface area contributed by atoms with E-state index in [1.807, 2.05) is 37.3 Å². The van der Waals surface area contributed by atoms with Gasteiger partial charge in [-0.15, -0.1) is 0 Å². The summed E-state index contributed by atoms with van der Waals surface area (Å²) in [6, 6.07) is 9.84. The van der Waals surface area contributed by atoms with Crippen molar-refractivity contribution in [2.24, 2.45) is 0 Å². The summed E-state index contributed by atoms with van der Waals surface area (Å²) < 4.78 is 6.09. The smallest absolute Gasteiger partial charge is 0.310 e. The predicted octanol–water partition coefficient (Wildman–Crippen LogP) is 2.28. The number of esters is 1. The number of rotatable bonds is 4. The van der Waals surface area contributed by atoms with Gasteiger partial charge in [0.05, 0.1) is 19.1 Å². The number of ether oxygens (including phenoxy) is 1. The highest BCUT2D eigenvalue weighted by atomic mass is 16.5. The van der Waals surface area contributed by atoms with Gasteiger partial charge >= 0.3 is 5.97 Å². The van der Waals surface area contributed by atoms with Crippen LogP contribution in [0.4, 0.5) is 0 Å². The molecule has 0 atom stereocenters. The largest absolute Gasteiger partial charge is 0.469 e. The molecule has 0 bridgehead atoms. The number of nitrogens with one attached hydrogen (secondary N) is 1. The molecule has 1 N–H and O–H groups in total. The van der Waals surface area contributed by atoms with Crippen LogP contribution in [0.15, 0.2) is 35.1 Å². The normalized spacial score (nSPS) is 11.0. The third-order valence-corrected chi connectivity index (χ3v) is 4.12. The number of fused-ring (bicyclic) bond motifs is 1. The molecular weight excluding hydrogens is 306 g/mol. The average molecular weight is 325 g/mol. The lowest BCUT2D eigenvalue weighted by Crippen LogP contribution is -2.24. The second-order valence-electron chi connectivity index (χ2n) is 5.58. The molecule has 0 radical (unpaired) electrons. The van der Waals surface area contributed by atoms with Gasteiger partial charge in [-0.1, -0.05) is 37.3 Å². The monoisotopic (exact) mass is 325 g/mol. The minimum atomic E-state index is -0.456. The van der Waals surface area contributed by atoms with Crippen LogP contribution in [-0.2, 0) is 22.4 Å². The number of carbonyl (C=O) groups is 1. The molecule has 24 heavy (non-hydrogen) atoms. The Morgan fingerprint density at radius 1 is 1.29 bits per heavy atom. The third kappa shape index (κ3) is 2.60. The highest BCUT2D eigenvalue weighted by Gasteiger charge is 2.20. The molecule has 1 aromatic carbocycles. The van der Waals surface area contributed by atoms with Gasteiger partial charge in [-0.2, -0.15) is 0 Å². The van der Waals surface area contributed by atoms with E-state index in [2.05, 4.69) is 14.8 Å². The molecule has 0 aliphatic heterocycles. The predicted molar refractivity (Wildman–Crippen MR) is 91.1 cm³/mol. The molecule has 2 aromatic heterocycles. The van der Waals surface area contributed by atoms with Gasteiger partial charge in [0.1, 0.15) is 0 Å². The molecule has 0 amide bonds. The number of nitrogens with zero attached hydrogens (tertiary/aromatic N) is 2. The number of hydrogen-bond acceptors (Lipinski definition) is 4. The molecule has 0 aliphatic rings. The van der Waals surface area contributed by atoms with Crippen molar-refractivity contribution in [3.63, 3.8) is 0 Å². The number of carbonyl (C=O) groups excluding carboxylic acids is 1. The number of aromatic amines is 1. The molecule has 0 fully saturated rings. The van der Waals surface area contributed by atoms with E-state index in [1.54, 1.807) is 6.92 Å². The second-order valence-corrected chi connectivity index (χ2v) is 5.58. The molecule has 0 saturated heterocycles. The topological polar surface area (TPSA) is 76.5 Å². The summed E-state index contributed by atoms with van der Waals surface area (Å²) >= 11 is 0. The fourth-order valence-electron chi connectivity index (χ4n) is 2.84. The number of methoxy groups -OCH3 is 1. The Morgan fingerprint density at radius 3 is 2.62 bits per heavy atom. The van der Waals surface area contributed by atoms with Crippen molar-refractivity contribution in [1.29, 1.82) is 0 Å². The maximum absolute atomic E-state index is 12.8. The van der Waals surface area contributed by atoms with Crippen molar-refractivity contribution in [3.05, 3.63) is 57.6 Å². The van der Waals surface area contributed by atoms with Crippen LogP contribution in [0, 0.1) is 6.92 Å². The molecular formula is C18H19N3O3. The van der Waals surface area contributed by atoms with E-state index in [9.17, 15) is 9.59 Å². The zero-order valence-electron chi connectivity index (χ0n) is 13.9. The fourth-order valence-corrected chi connectivity index (χ4v) is 2.84. The van der Waals surface area contributed by atoms with Gasteiger partial charge in [-0.3, -0.25) is 14.7 Å². The van der Waals surface area contributed by atoms with Gasteiger partial charge < -0.3 is 4.74 Å². The van der Waals surface area contributed by atoms with Crippen LogP contribution in [0.3, 0.4) is 0 Å². The van der Waals surface area contributed by atoms with Crippen LogP contribution < -0.4 is 5.56 Å². The lowest BCUT2D eigenvalue weighted by molar-refractivity contribution is -0.139. The summed E-state index contributed by atoms with van der Waals surface area (Å²) in [6.07, 6.45) is 0.649. The first-order chi connectivity index (χ1) is 11.6. The zero-order chi connectivity index (χ0) is 17.3. The summed E-state index contributed by atoms with van der Waals surface area (Å²) in [4.78, 5) is 29.0. The molecule has 0 unspecified atom stereocenters. The van der Waals surface area contributed by atoms with Crippen molar-refractivity contribution in [2.75, 3.05) is 7.11 Å². The summed E-state index contributed by atoms with van der Waals surface area (Å²) in [7, 11) is 1.30. The van der Waals surface area contributed by atoms with Gasteiger partial charge in [0.15, 0.2) is 5.65 Å². The van der Waals surface area contributed by atoms with Gasteiger partial charge in [-0.05, 0) is 18.9 Å². The quantitative estimate of drug-likeness (QED) is 0.747. The number of aryl methyl sites for hydroxylation is 2. The molecule has 0 spiro atoms. The summed E-state index contributed by atoms with van der Waals surface area (Å²) in [5, 5.41) is 3.13. The lowest BCUT2D eigenvalue weighted by atomic mass is 10.0. The van der Waals surface area contributed by atoms with Gasteiger partial charge in [0.2, 0.25) is 0 Å². The van der Waals surface area contributed by atoms with Crippen LogP contribution in [0.1, 0.15) is 23.9 Å². The van der Waals surface area contributed by atoms with Crippen molar-refractivity contribution in [2.45, 2.75) is 26.7 Å². The minimum Gasteiger partial charge on any atom is -0.469 e. The molecule has 2 heterocycles. The first kappa shape index (κ1) is 16.0.